The fourth-order valence-corrected chi connectivity index (χ4v) is 3.74. The fourth-order valence-electron chi connectivity index (χ4n) is 2.46. The standard InChI is InChI=1S/C16H17N3O3S/c1-10-8-13(22-3)5-7-16(10)23(20,21)19-12-4-6-14-15(9-12)18-11(2)17-14/h4-9,19H,1-3H3,(H,17,18). The van der Waals surface area contributed by atoms with Crippen molar-refractivity contribution in [1.82, 2.24) is 9.97 Å². The number of H-pyrrole nitrogens is 1. The summed E-state index contributed by atoms with van der Waals surface area (Å²) in [5, 5.41) is 0. The van der Waals surface area contributed by atoms with Crippen LogP contribution in [0, 0.1) is 13.8 Å². The lowest BCUT2D eigenvalue weighted by Crippen LogP contribution is -2.14. The Balaban J connectivity index is 1.95. The molecule has 0 saturated heterocycles. The zero-order valence-electron chi connectivity index (χ0n) is 13.0. The van der Waals surface area contributed by atoms with E-state index in [0.717, 1.165) is 16.9 Å². The van der Waals surface area contributed by atoms with Gasteiger partial charge < -0.3 is 9.72 Å². The maximum atomic E-state index is 12.6. The molecule has 0 spiro atoms. The highest BCUT2D eigenvalue weighted by molar-refractivity contribution is 7.92. The van der Waals surface area contributed by atoms with Gasteiger partial charge in [-0.25, -0.2) is 13.4 Å². The Hall–Kier alpha value is -2.54. The van der Waals surface area contributed by atoms with E-state index in [9.17, 15) is 8.42 Å². The third-order valence-electron chi connectivity index (χ3n) is 3.52. The molecule has 0 amide bonds. The van der Waals surface area contributed by atoms with Crippen molar-refractivity contribution in [2.45, 2.75) is 18.7 Å². The molecule has 0 radical (unpaired) electrons. The molecule has 3 rings (SSSR count). The summed E-state index contributed by atoms with van der Waals surface area (Å²) >= 11 is 0. The van der Waals surface area contributed by atoms with Crippen LogP contribution in [0.1, 0.15) is 11.4 Å². The zero-order valence-corrected chi connectivity index (χ0v) is 13.9. The Kier molecular flexibility index (Phi) is 3.73. The summed E-state index contributed by atoms with van der Waals surface area (Å²) in [4.78, 5) is 7.61. The van der Waals surface area contributed by atoms with Gasteiger partial charge in [0.25, 0.3) is 10.0 Å². The van der Waals surface area contributed by atoms with Gasteiger partial charge in [-0.3, -0.25) is 4.72 Å². The summed E-state index contributed by atoms with van der Waals surface area (Å²) in [5.41, 5.74) is 2.69. The van der Waals surface area contributed by atoms with Gasteiger partial charge in [0, 0.05) is 0 Å². The first kappa shape index (κ1) is 15.4. The average Bonchev–Trinajstić information content (AvgIpc) is 2.85. The molecule has 1 aromatic heterocycles. The highest BCUT2D eigenvalue weighted by atomic mass is 32.2. The molecule has 2 N–H and O–H groups in total. The number of aryl methyl sites for hydroxylation is 2. The molecule has 0 aliphatic rings. The minimum absolute atomic E-state index is 0.221. The fraction of sp³-hybridized carbons (Fsp3) is 0.188. The number of hydrogen-bond acceptors (Lipinski definition) is 4. The van der Waals surface area contributed by atoms with Crippen LogP contribution < -0.4 is 9.46 Å². The Labute approximate surface area is 134 Å². The third-order valence-corrected chi connectivity index (χ3v) is 5.07. The number of methoxy groups -OCH3 is 1. The quantitative estimate of drug-likeness (QED) is 0.770. The average molecular weight is 331 g/mol. The van der Waals surface area contributed by atoms with Crippen LogP contribution in [-0.4, -0.2) is 25.5 Å². The summed E-state index contributed by atoms with van der Waals surface area (Å²) in [5.74, 6) is 1.40. The van der Waals surface area contributed by atoms with E-state index >= 15 is 0 Å². The number of rotatable bonds is 4. The van der Waals surface area contributed by atoms with E-state index in [-0.39, 0.29) is 4.90 Å². The Bertz CT molecular complexity index is 977. The molecule has 3 aromatic rings. The van der Waals surface area contributed by atoms with Gasteiger partial charge in [0.05, 0.1) is 28.7 Å². The predicted molar refractivity (Wildman–Crippen MR) is 89.4 cm³/mol. The summed E-state index contributed by atoms with van der Waals surface area (Å²) in [6.07, 6.45) is 0. The number of aromatic amines is 1. The van der Waals surface area contributed by atoms with Crippen LogP contribution in [0.25, 0.3) is 11.0 Å². The van der Waals surface area contributed by atoms with Gasteiger partial charge >= 0.3 is 0 Å². The summed E-state index contributed by atoms with van der Waals surface area (Å²) in [6.45, 7) is 3.59. The summed E-state index contributed by atoms with van der Waals surface area (Å²) in [6, 6.07) is 10.1. The van der Waals surface area contributed by atoms with Gasteiger partial charge in [-0.2, -0.15) is 0 Å². The van der Waals surface area contributed by atoms with Crippen LogP contribution in [0.4, 0.5) is 5.69 Å². The predicted octanol–water partition coefficient (Wildman–Crippen LogP) is 2.99. The molecular weight excluding hydrogens is 314 g/mol. The lowest BCUT2D eigenvalue weighted by Gasteiger charge is -2.11. The van der Waals surface area contributed by atoms with E-state index in [4.69, 9.17) is 4.74 Å². The lowest BCUT2D eigenvalue weighted by molar-refractivity contribution is 0.414. The number of hydrogen-bond donors (Lipinski definition) is 2. The molecule has 23 heavy (non-hydrogen) atoms. The number of sulfonamides is 1. The topological polar surface area (TPSA) is 84.1 Å². The van der Waals surface area contributed by atoms with E-state index in [1.807, 2.05) is 6.92 Å². The molecule has 0 aliphatic carbocycles. The van der Waals surface area contributed by atoms with E-state index in [1.54, 1.807) is 44.4 Å². The number of anilines is 1. The smallest absolute Gasteiger partial charge is 0.262 e. The normalized spacial score (nSPS) is 11.6. The van der Waals surface area contributed by atoms with Crippen molar-refractivity contribution in [3.8, 4) is 5.75 Å². The minimum Gasteiger partial charge on any atom is -0.497 e. The zero-order chi connectivity index (χ0) is 16.6. The minimum atomic E-state index is -3.67. The molecule has 0 bridgehead atoms. The number of aromatic nitrogens is 2. The Morgan fingerprint density at radius 2 is 1.91 bits per heavy atom. The number of ether oxygens (including phenoxy) is 1. The summed E-state index contributed by atoms with van der Waals surface area (Å²) in [7, 11) is -2.13. The monoisotopic (exact) mass is 331 g/mol. The van der Waals surface area contributed by atoms with E-state index < -0.39 is 10.0 Å². The third kappa shape index (κ3) is 3.00. The Morgan fingerprint density at radius 1 is 1.13 bits per heavy atom. The van der Waals surface area contributed by atoms with Crippen LogP contribution >= 0.6 is 0 Å². The second-order valence-electron chi connectivity index (χ2n) is 5.29. The maximum Gasteiger partial charge on any atom is 0.262 e. The van der Waals surface area contributed by atoms with Crippen molar-refractivity contribution >= 4 is 26.7 Å². The maximum absolute atomic E-state index is 12.6. The van der Waals surface area contributed by atoms with Crippen molar-refractivity contribution in [2.75, 3.05) is 11.8 Å². The molecular formula is C16H17N3O3S. The van der Waals surface area contributed by atoms with E-state index in [1.165, 1.54) is 6.07 Å². The van der Waals surface area contributed by atoms with Crippen molar-refractivity contribution < 1.29 is 13.2 Å². The molecule has 1 heterocycles. The van der Waals surface area contributed by atoms with Gasteiger partial charge in [-0.15, -0.1) is 0 Å². The number of benzene rings is 2. The van der Waals surface area contributed by atoms with Gasteiger partial charge in [-0.05, 0) is 55.8 Å². The highest BCUT2D eigenvalue weighted by Crippen LogP contribution is 2.24. The van der Waals surface area contributed by atoms with Crippen molar-refractivity contribution in [3.63, 3.8) is 0 Å². The van der Waals surface area contributed by atoms with Crippen molar-refractivity contribution in [1.29, 1.82) is 0 Å². The van der Waals surface area contributed by atoms with Crippen LogP contribution in [-0.2, 0) is 10.0 Å². The van der Waals surface area contributed by atoms with Gasteiger partial charge in [-0.1, -0.05) is 0 Å². The van der Waals surface area contributed by atoms with Gasteiger partial charge in [0.2, 0.25) is 0 Å². The van der Waals surface area contributed by atoms with Crippen LogP contribution in [0.5, 0.6) is 5.75 Å². The number of fused-ring (bicyclic) bond motifs is 1. The molecule has 120 valence electrons. The number of nitrogens with one attached hydrogen (secondary N) is 2. The molecule has 6 nitrogen and oxygen atoms in total. The molecule has 0 aliphatic heterocycles. The second kappa shape index (κ2) is 5.58. The molecule has 0 unspecified atom stereocenters. The van der Waals surface area contributed by atoms with Crippen LogP contribution in [0.2, 0.25) is 0 Å². The molecule has 7 heteroatoms. The highest BCUT2D eigenvalue weighted by Gasteiger charge is 2.17. The lowest BCUT2D eigenvalue weighted by atomic mass is 10.2. The SMILES string of the molecule is COc1ccc(S(=O)(=O)Nc2ccc3nc(C)[nH]c3c2)c(C)c1. The van der Waals surface area contributed by atoms with E-state index in [2.05, 4.69) is 14.7 Å². The van der Waals surface area contributed by atoms with Gasteiger partial charge in [0.15, 0.2) is 0 Å². The molecule has 0 atom stereocenters. The number of imidazole rings is 1. The van der Waals surface area contributed by atoms with E-state index in [0.29, 0.717) is 17.0 Å². The molecule has 0 fully saturated rings. The van der Waals surface area contributed by atoms with Crippen molar-refractivity contribution in [2.24, 2.45) is 0 Å². The summed E-state index contributed by atoms with van der Waals surface area (Å²) < 4.78 is 32.9. The Morgan fingerprint density at radius 3 is 2.61 bits per heavy atom. The van der Waals surface area contributed by atoms with Crippen LogP contribution in [0.15, 0.2) is 41.3 Å². The number of nitrogens with zero attached hydrogens (tertiary/aromatic N) is 1. The largest absolute Gasteiger partial charge is 0.497 e. The van der Waals surface area contributed by atoms with Gasteiger partial charge in [0.1, 0.15) is 11.6 Å². The second-order valence-corrected chi connectivity index (χ2v) is 6.94. The molecule has 2 aromatic carbocycles. The van der Waals surface area contributed by atoms with Crippen LogP contribution in [0.3, 0.4) is 0 Å². The molecule has 0 saturated carbocycles. The van der Waals surface area contributed by atoms with Crippen molar-refractivity contribution in [3.05, 3.63) is 47.8 Å². The first-order valence-electron chi connectivity index (χ1n) is 7.03. The first-order chi connectivity index (χ1) is 10.9. The first-order valence-corrected chi connectivity index (χ1v) is 8.51.